The lowest BCUT2D eigenvalue weighted by Gasteiger charge is -2.04. The largest absolute Gasteiger partial charge is 0.459 e. The van der Waals surface area contributed by atoms with E-state index in [2.05, 4.69) is 10.1 Å². The fraction of sp³-hybridized carbons (Fsp3) is 0.294. The molecule has 0 aliphatic heterocycles. The minimum absolute atomic E-state index is 0.0410. The summed E-state index contributed by atoms with van der Waals surface area (Å²) in [7, 11) is 0. The third-order valence-electron chi connectivity index (χ3n) is 3.36. The van der Waals surface area contributed by atoms with Crippen LogP contribution in [0.1, 0.15) is 30.5 Å². The van der Waals surface area contributed by atoms with Gasteiger partial charge in [-0.15, -0.1) is 11.8 Å². The van der Waals surface area contributed by atoms with Crippen molar-refractivity contribution >= 4 is 45.6 Å². The highest BCUT2D eigenvalue weighted by Crippen LogP contribution is 2.21. The number of thioether (sulfide) groups is 1. The Morgan fingerprint density at radius 3 is 2.77 bits per heavy atom. The number of halogens is 1. The van der Waals surface area contributed by atoms with Gasteiger partial charge in [0.05, 0.1) is 11.4 Å². The number of benzene rings is 1. The van der Waals surface area contributed by atoms with Gasteiger partial charge in [0, 0.05) is 21.9 Å². The van der Waals surface area contributed by atoms with E-state index in [1.54, 1.807) is 12.1 Å². The summed E-state index contributed by atoms with van der Waals surface area (Å²) in [5.74, 6) is 0.00683. The molecule has 0 atom stereocenters. The van der Waals surface area contributed by atoms with E-state index in [0.29, 0.717) is 15.7 Å². The van der Waals surface area contributed by atoms with Crippen LogP contribution in [-0.2, 0) is 16.1 Å². The molecule has 0 saturated heterocycles. The standard InChI is InChI=1S/C17H16ClN3O3S2/c1-10(2)16-20-21-14(22)7-12(19-17(21)26-16)8-24-15(23)9-25-13-5-3-11(18)4-6-13/h3-7,10H,8-9H2,1-2H3. The molecule has 0 radical (unpaired) electrons. The molecule has 0 spiro atoms. The summed E-state index contributed by atoms with van der Waals surface area (Å²) < 4.78 is 6.50. The van der Waals surface area contributed by atoms with E-state index in [-0.39, 0.29) is 29.8 Å². The third-order valence-corrected chi connectivity index (χ3v) is 5.81. The van der Waals surface area contributed by atoms with Crippen LogP contribution in [0.25, 0.3) is 4.96 Å². The molecule has 0 N–H and O–H groups in total. The maximum Gasteiger partial charge on any atom is 0.316 e. The second-order valence-electron chi connectivity index (χ2n) is 5.78. The lowest BCUT2D eigenvalue weighted by molar-refractivity contribution is -0.141. The number of nitrogens with zero attached hydrogens (tertiary/aromatic N) is 3. The number of carbonyl (C=O) groups is 1. The highest BCUT2D eigenvalue weighted by Gasteiger charge is 2.12. The monoisotopic (exact) mass is 409 g/mol. The van der Waals surface area contributed by atoms with Crippen molar-refractivity contribution in [1.82, 2.24) is 14.6 Å². The van der Waals surface area contributed by atoms with Crippen LogP contribution < -0.4 is 5.56 Å². The van der Waals surface area contributed by atoms with Gasteiger partial charge in [-0.05, 0) is 24.3 Å². The molecule has 0 aliphatic carbocycles. The molecule has 3 aromatic rings. The van der Waals surface area contributed by atoms with Crippen molar-refractivity contribution < 1.29 is 9.53 Å². The predicted molar refractivity (Wildman–Crippen MR) is 103 cm³/mol. The lowest BCUT2D eigenvalue weighted by Crippen LogP contribution is -2.17. The molecular weight excluding hydrogens is 394 g/mol. The third kappa shape index (κ3) is 4.63. The van der Waals surface area contributed by atoms with Crippen LogP contribution in [0.3, 0.4) is 0 Å². The van der Waals surface area contributed by atoms with Crippen molar-refractivity contribution in [1.29, 1.82) is 0 Å². The predicted octanol–water partition coefficient (Wildman–Crippen LogP) is 3.76. The Morgan fingerprint density at radius 2 is 2.08 bits per heavy atom. The first-order chi connectivity index (χ1) is 12.4. The fourth-order valence-corrected chi connectivity index (χ4v) is 3.80. The SMILES string of the molecule is CC(C)c1nn2c(=O)cc(COC(=O)CSc3ccc(Cl)cc3)nc2s1. The van der Waals surface area contributed by atoms with Crippen molar-refractivity contribution in [2.24, 2.45) is 0 Å². The van der Waals surface area contributed by atoms with Crippen LogP contribution in [0, 0.1) is 0 Å². The van der Waals surface area contributed by atoms with E-state index in [1.165, 1.54) is 33.7 Å². The molecule has 26 heavy (non-hydrogen) atoms. The number of fused-ring (bicyclic) bond motifs is 1. The summed E-state index contributed by atoms with van der Waals surface area (Å²) in [6.07, 6.45) is 0. The summed E-state index contributed by atoms with van der Waals surface area (Å²) in [6, 6.07) is 8.56. The zero-order valence-corrected chi connectivity index (χ0v) is 16.5. The molecule has 0 amide bonds. The van der Waals surface area contributed by atoms with Gasteiger partial charge in [-0.2, -0.15) is 9.61 Å². The lowest BCUT2D eigenvalue weighted by atomic mass is 10.2. The molecule has 136 valence electrons. The average molecular weight is 410 g/mol. The Bertz CT molecular complexity index is 983. The highest BCUT2D eigenvalue weighted by atomic mass is 35.5. The molecule has 0 aliphatic rings. The van der Waals surface area contributed by atoms with E-state index in [1.807, 2.05) is 26.0 Å². The van der Waals surface area contributed by atoms with E-state index >= 15 is 0 Å². The smallest absolute Gasteiger partial charge is 0.316 e. The molecule has 2 heterocycles. The Hall–Kier alpha value is -1.90. The van der Waals surface area contributed by atoms with E-state index < -0.39 is 0 Å². The van der Waals surface area contributed by atoms with Gasteiger partial charge < -0.3 is 4.74 Å². The summed E-state index contributed by atoms with van der Waals surface area (Å²) >= 11 is 8.55. The van der Waals surface area contributed by atoms with Crippen LogP contribution in [0.15, 0.2) is 40.0 Å². The summed E-state index contributed by atoms with van der Waals surface area (Å²) in [5, 5.41) is 5.74. The van der Waals surface area contributed by atoms with Crippen LogP contribution in [0.2, 0.25) is 5.02 Å². The zero-order valence-electron chi connectivity index (χ0n) is 14.1. The molecule has 0 bridgehead atoms. The quantitative estimate of drug-likeness (QED) is 0.456. The van der Waals surface area contributed by atoms with Crippen LogP contribution in [-0.4, -0.2) is 26.3 Å². The minimum Gasteiger partial charge on any atom is -0.459 e. The molecule has 0 unspecified atom stereocenters. The molecule has 9 heteroatoms. The van der Waals surface area contributed by atoms with Gasteiger partial charge >= 0.3 is 5.97 Å². The maximum atomic E-state index is 12.1. The number of ether oxygens (including phenoxy) is 1. The fourth-order valence-electron chi connectivity index (χ4n) is 2.05. The van der Waals surface area contributed by atoms with Crippen LogP contribution in [0.5, 0.6) is 0 Å². The average Bonchev–Trinajstić information content (AvgIpc) is 3.04. The normalized spacial score (nSPS) is 11.2. The van der Waals surface area contributed by atoms with Crippen molar-refractivity contribution in [3.8, 4) is 0 Å². The first kappa shape index (κ1) is 18.9. The first-order valence-electron chi connectivity index (χ1n) is 7.86. The van der Waals surface area contributed by atoms with Gasteiger partial charge in [0.2, 0.25) is 4.96 Å². The summed E-state index contributed by atoms with van der Waals surface area (Å²) in [6.45, 7) is 3.97. The van der Waals surface area contributed by atoms with Crippen molar-refractivity contribution in [2.45, 2.75) is 31.3 Å². The van der Waals surface area contributed by atoms with Gasteiger partial charge in [-0.25, -0.2) is 4.98 Å². The zero-order chi connectivity index (χ0) is 18.7. The Labute approximate surface area is 163 Å². The van der Waals surface area contributed by atoms with Crippen molar-refractivity contribution in [3.05, 3.63) is 56.4 Å². The number of rotatable bonds is 6. The van der Waals surface area contributed by atoms with Gasteiger partial charge in [-0.1, -0.05) is 36.8 Å². The van der Waals surface area contributed by atoms with E-state index in [9.17, 15) is 9.59 Å². The van der Waals surface area contributed by atoms with Gasteiger partial charge in [0.15, 0.2) is 0 Å². The van der Waals surface area contributed by atoms with Crippen LogP contribution in [0.4, 0.5) is 0 Å². The number of hydrogen-bond donors (Lipinski definition) is 0. The van der Waals surface area contributed by atoms with Crippen molar-refractivity contribution in [2.75, 3.05) is 5.75 Å². The molecule has 0 saturated carbocycles. The van der Waals surface area contributed by atoms with E-state index in [0.717, 1.165) is 9.90 Å². The molecule has 1 aromatic carbocycles. The minimum atomic E-state index is -0.376. The maximum absolute atomic E-state index is 12.1. The Balaban J connectivity index is 1.61. The number of aromatic nitrogens is 3. The van der Waals surface area contributed by atoms with Crippen molar-refractivity contribution in [3.63, 3.8) is 0 Å². The molecule has 0 fully saturated rings. The highest BCUT2D eigenvalue weighted by molar-refractivity contribution is 8.00. The Kier molecular flexibility index (Phi) is 5.95. The van der Waals surface area contributed by atoms with Gasteiger partial charge in [0.1, 0.15) is 11.6 Å². The van der Waals surface area contributed by atoms with Crippen LogP contribution >= 0.6 is 34.7 Å². The first-order valence-corrected chi connectivity index (χ1v) is 10.0. The second kappa shape index (κ2) is 8.20. The number of carbonyl (C=O) groups excluding carboxylic acids is 1. The summed E-state index contributed by atoms with van der Waals surface area (Å²) in [5.41, 5.74) is 0.138. The topological polar surface area (TPSA) is 73.6 Å². The molecular formula is C17H16ClN3O3S2. The van der Waals surface area contributed by atoms with Gasteiger partial charge in [0.25, 0.3) is 5.56 Å². The Morgan fingerprint density at radius 1 is 1.35 bits per heavy atom. The van der Waals surface area contributed by atoms with Gasteiger partial charge in [-0.3, -0.25) is 9.59 Å². The molecule has 3 rings (SSSR count). The molecule has 2 aromatic heterocycles. The number of esters is 1. The molecule has 6 nitrogen and oxygen atoms in total. The summed E-state index contributed by atoms with van der Waals surface area (Å²) in [4.78, 5) is 29.8. The number of hydrogen-bond acceptors (Lipinski definition) is 7. The second-order valence-corrected chi connectivity index (χ2v) is 8.25. The van der Waals surface area contributed by atoms with E-state index in [4.69, 9.17) is 16.3 Å².